The second kappa shape index (κ2) is 8.25. The number of carbonyl (C=O) groups is 3. The van der Waals surface area contributed by atoms with E-state index in [1.807, 2.05) is 13.8 Å². The molecule has 1 N–H and O–H groups in total. The summed E-state index contributed by atoms with van der Waals surface area (Å²) in [5.74, 6) is -1.90. The zero-order chi connectivity index (χ0) is 25.9. The maximum absolute atomic E-state index is 14.0. The fraction of sp³-hybridized carbons (Fsp3) is 0.483. The van der Waals surface area contributed by atoms with Crippen LogP contribution in [-0.4, -0.2) is 51.8 Å². The Morgan fingerprint density at radius 2 is 1.36 bits per heavy atom. The number of carbonyl (C=O) groups excluding carboxylic acids is 3. The van der Waals surface area contributed by atoms with Crippen molar-refractivity contribution in [3.05, 3.63) is 71.8 Å². The first kappa shape index (κ1) is 24.7. The van der Waals surface area contributed by atoms with Crippen LogP contribution < -0.4 is 0 Å². The van der Waals surface area contributed by atoms with Crippen molar-refractivity contribution in [2.45, 2.75) is 76.0 Å². The van der Waals surface area contributed by atoms with Crippen molar-refractivity contribution >= 4 is 17.7 Å². The van der Waals surface area contributed by atoms with Gasteiger partial charge in [-0.2, -0.15) is 0 Å². The average Bonchev–Trinajstić information content (AvgIpc) is 3.01. The molecule has 0 unspecified atom stereocenters. The molecule has 36 heavy (non-hydrogen) atoms. The molecule has 0 radical (unpaired) electrons. The van der Waals surface area contributed by atoms with Crippen LogP contribution in [0.15, 0.2) is 60.7 Å². The third kappa shape index (κ3) is 3.36. The molecule has 0 amide bonds. The maximum Gasteiger partial charge on any atom is 0.338 e. The molecule has 2 saturated carbocycles. The van der Waals surface area contributed by atoms with Gasteiger partial charge in [0.05, 0.1) is 33.7 Å². The highest BCUT2D eigenvalue weighted by Crippen LogP contribution is 2.66. The lowest BCUT2D eigenvalue weighted by atomic mass is 9.48. The first-order valence-corrected chi connectivity index (χ1v) is 12.4. The SMILES string of the molecule is CC1(C)O[C@]23C(=O)[C@H]1C[C@H](OC(=O)c1ccccc1)[C@]2(C)[C@@H](OC(=O)c1ccccc1)CC[C@]3(C)O. The highest BCUT2D eigenvalue weighted by molar-refractivity contribution is 5.97. The number of Topliss-reactive ketones (excluding diaryl/α,β-unsaturated/α-hetero) is 1. The Balaban J connectivity index is 1.60. The molecule has 2 aliphatic carbocycles. The fourth-order valence-electron chi connectivity index (χ4n) is 6.70. The number of ketones is 1. The summed E-state index contributed by atoms with van der Waals surface area (Å²) in [6, 6.07) is 17.2. The van der Waals surface area contributed by atoms with Crippen LogP contribution in [0, 0.1) is 11.3 Å². The Bertz CT molecular complexity index is 1190. The van der Waals surface area contributed by atoms with E-state index < -0.39 is 52.3 Å². The molecule has 2 aromatic rings. The Kier molecular flexibility index (Phi) is 5.65. The molecule has 7 nitrogen and oxygen atoms in total. The van der Waals surface area contributed by atoms with E-state index >= 15 is 0 Å². The third-order valence-corrected chi connectivity index (χ3v) is 8.63. The minimum atomic E-state index is -1.71. The minimum Gasteiger partial charge on any atom is -0.458 e. The molecule has 2 aromatic carbocycles. The van der Waals surface area contributed by atoms with Crippen LogP contribution in [-0.2, 0) is 19.0 Å². The quantitative estimate of drug-likeness (QED) is 0.641. The van der Waals surface area contributed by atoms with Gasteiger partial charge >= 0.3 is 11.9 Å². The number of hydrogen-bond donors (Lipinski definition) is 1. The van der Waals surface area contributed by atoms with E-state index in [0.717, 1.165) is 0 Å². The summed E-state index contributed by atoms with van der Waals surface area (Å²) in [4.78, 5) is 40.3. The largest absolute Gasteiger partial charge is 0.458 e. The summed E-state index contributed by atoms with van der Waals surface area (Å²) < 4.78 is 18.7. The number of benzene rings is 2. The lowest BCUT2D eigenvalue weighted by Gasteiger charge is -2.61. The van der Waals surface area contributed by atoms with Gasteiger partial charge in [0.1, 0.15) is 12.2 Å². The number of esters is 2. The van der Waals surface area contributed by atoms with Crippen LogP contribution in [0.25, 0.3) is 0 Å². The van der Waals surface area contributed by atoms with E-state index in [-0.39, 0.29) is 25.0 Å². The molecular weight excluding hydrogens is 460 g/mol. The van der Waals surface area contributed by atoms with Crippen LogP contribution in [0.1, 0.15) is 67.7 Å². The summed E-state index contributed by atoms with van der Waals surface area (Å²) in [6.45, 7) is 6.99. The third-order valence-electron chi connectivity index (χ3n) is 8.63. The first-order valence-electron chi connectivity index (χ1n) is 12.4. The summed E-state index contributed by atoms with van der Waals surface area (Å²) in [6.07, 6.45) is -1.00. The molecule has 5 rings (SSSR count). The number of ether oxygens (including phenoxy) is 3. The highest BCUT2D eigenvalue weighted by atomic mass is 16.6. The van der Waals surface area contributed by atoms with Gasteiger partial charge in [0.15, 0.2) is 11.4 Å². The Labute approximate surface area is 210 Å². The molecule has 2 bridgehead atoms. The van der Waals surface area contributed by atoms with Gasteiger partial charge in [0, 0.05) is 0 Å². The normalized spacial score (nSPS) is 36.6. The summed E-state index contributed by atoms with van der Waals surface area (Å²) in [7, 11) is 0. The van der Waals surface area contributed by atoms with Gasteiger partial charge < -0.3 is 19.3 Å². The van der Waals surface area contributed by atoms with Crippen molar-refractivity contribution in [3.63, 3.8) is 0 Å². The van der Waals surface area contributed by atoms with Crippen molar-refractivity contribution in [1.29, 1.82) is 0 Å². The second-order valence-corrected chi connectivity index (χ2v) is 11.2. The molecular formula is C29H32O7. The van der Waals surface area contributed by atoms with E-state index in [2.05, 4.69) is 0 Å². The molecule has 6 atom stereocenters. The summed E-state index contributed by atoms with van der Waals surface area (Å²) >= 11 is 0. The monoisotopic (exact) mass is 492 g/mol. The average molecular weight is 493 g/mol. The van der Waals surface area contributed by atoms with Crippen molar-refractivity contribution in [2.24, 2.45) is 11.3 Å². The van der Waals surface area contributed by atoms with E-state index in [1.54, 1.807) is 74.5 Å². The number of fused-ring (bicyclic) bond motifs is 1. The summed E-state index contributed by atoms with van der Waals surface area (Å²) in [5.41, 5.74) is -4.75. The van der Waals surface area contributed by atoms with E-state index in [1.165, 1.54) is 0 Å². The van der Waals surface area contributed by atoms with Crippen LogP contribution in [0.2, 0.25) is 0 Å². The molecule has 1 saturated heterocycles. The van der Waals surface area contributed by atoms with E-state index in [9.17, 15) is 19.5 Å². The van der Waals surface area contributed by atoms with Gasteiger partial charge in [0.25, 0.3) is 0 Å². The van der Waals surface area contributed by atoms with Gasteiger partial charge in [-0.15, -0.1) is 0 Å². The molecule has 1 spiro atoms. The van der Waals surface area contributed by atoms with Gasteiger partial charge in [-0.25, -0.2) is 9.59 Å². The number of aliphatic hydroxyl groups is 1. The highest BCUT2D eigenvalue weighted by Gasteiger charge is 2.81. The zero-order valence-corrected chi connectivity index (χ0v) is 21.0. The van der Waals surface area contributed by atoms with E-state index in [0.29, 0.717) is 11.1 Å². The summed E-state index contributed by atoms with van der Waals surface area (Å²) in [5, 5.41) is 11.7. The molecule has 1 aliphatic heterocycles. The molecule has 190 valence electrons. The van der Waals surface area contributed by atoms with Crippen molar-refractivity contribution in [1.82, 2.24) is 0 Å². The van der Waals surface area contributed by atoms with Crippen LogP contribution >= 0.6 is 0 Å². The Morgan fingerprint density at radius 3 is 1.89 bits per heavy atom. The van der Waals surface area contributed by atoms with Crippen LogP contribution in [0.3, 0.4) is 0 Å². The molecule has 7 heteroatoms. The predicted molar refractivity (Wildman–Crippen MR) is 130 cm³/mol. The molecule has 1 heterocycles. The number of rotatable bonds is 4. The van der Waals surface area contributed by atoms with Gasteiger partial charge in [0.2, 0.25) is 0 Å². The first-order chi connectivity index (χ1) is 16.9. The minimum absolute atomic E-state index is 0.184. The van der Waals surface area contributed by atoms with Gasteiger partial charge in [-0.05, 0) is 71.2 Å². The molecule has 3 aliphatic rings. The standard InChI is InChI=1S/C29H32O7/c1-26(2)20-17-22(35-25(32)19-13-9-6-10-14-19)28(4)21(34-24(31)18-11-7-5-8-12-18)15-16-27(3,33)29(28,36-26)23(20)30/h5-14,20-22,33H,15-17H2,1-4H3/t20-,21+,22+,27+,28+,29+/m1/s1. The molecule has 0 aromatic heterocycles. The topological polar surface area (TPSA) is 99.1 Å². The van der Waals surface area contributed by atoms with Gasteiger partial charge in [-0.1, -0.05) is 36.4 Å². The zero-order valence-electron chi connectivity index (χ0n) is 21.0. The van der Waals surface area contributed by atoms with Crippen LogP contribution in [0.4, 0.5) is 0 Å². The Morgan fingerprint density at radius 1 is 0.861 bits per heavy atom. The lowest BCUT2D eigenvalue weighted by Crippen LogP contribution is -2.77. The van der Waals surface area contributed by atoms with Crippen molar-refractivity contribution in [3.8, 4) is 0 Å². The smallest absolute Gasteiger partial charge is 0.338 e. The van der Waals surface area contributed by atoms with Gasteiger partial charge in [-0.3, -0.25) is 4.79 Å². The van der Waals surface area contributed by atoms with E-state index in [4.69, 9.17) is 14.2 Å². The van der Waals surface area contributed by atoms with Crippen molar-refractivity contribution < 1.29 is 33.7 Å². The predicted octanol–water partition coefficient (Wildman–Crippen LogP) is 4.13. The molecule has 3 fully saturated rings. The van der Waals surface area contributed by atoms with Crippen LogP contribution in [0.5, 0.6) is 0 Å². The second-order valence-electron chi connectivity index (χ2n) is 11.2. The number of hydrogen-bond acceptors (Lipinski definition) is 7. The van der Waals surface area contributed by atoms with Crippen molar-refractivity contribution in [2.75, 3.05) is 0 Å². The maximum atomic E-state index is 14.0. The lowest BCUT2D eigenvalue weighted by molar-refractivity contribution is -0.288. The Hall–Kier alpha value is -3.03. The fourth-order valence-corrected chi connectivity index (χ4v) is 6.70.